The molecule has 1 saturated heterocycles. The molecule has 2 heterocycles. The first kappa shape index (κ1) is 12.7. The van der Waals surface area contributed by atoms with Gasteiger partial charge < -0.3 is 10.2 Å². The maximum Gasteiger partial charge on any atom is 0.224 e. The Morgan fingerprint density at radius 1 is 1.32 bits per heavy atom. The van der Waals surface area contributed by atoms with Gasteiger partial charge >= 0.3 is 0 Å². The van der Waals surface area contributed by atoms with Gasteiger partial charge in [0, 0.05) is 31.4 Å². The molecule has 2 fully saturated rings. The SMILES string of the molecule is CCCNc1ncc(C)c(N2CC3CCCC3C2)n1. The first-order valence-corrected chi connectivity index (χ1v) is 7.60. The van der Waals surface area contributed by atoms with Crippen LogP contribution in [0.2, 0.25) is 0 Å². The van der Waals surface area contributed by atoms with Gasteiger partial charge in [0.05, 0.1) is 0 Å². The van der Waals surface area contributed by atoms with Gasteiger partial charge in [-0.25, -0.2) is 4.98 Å². The van der Waals surface area contributed by atoms with Crippen molar-refractivity contribution in [3.05, 3.63) is 11.8 Å². The minimum Gasteiger partial charge on any atom is -0.356 e. The van der Waals surface area contributed by atoms with Crippen molar-refractivity contribution in [3.63, 3.8) is 0 Å². The summed E-state index contributed by atoms with van der Waals surface area (Å²) < 4.78 is 0. The lowest BCUT2D eigenvalue weighted by atomic mass is 10.0. The minimum absolute atomic E-state index is 0.777. The minimum atomic E-state index is 0.777. The fraction of sp³-hybridized carbons (Fsp3) is 0.733. The summed E-state index contributed by atoms with van der Waals surface area (Å²) in [6.45, 7) is 7.59. The number of anilines is 2. The summed E-state index contributed by atoms with van der Waals surface area (Å²) in [5, 5.41) is 3.29. The molecule has 3 rings (SSSR count). The summed E-state index contributed by atoms with van der Waals surface area (Å²) in [6, 6.07) is 0. The average molecular weight is 260 g/mol. The Morgan fingerprint density at radius 2 is 2.05 bits per heavy atom. The highest BCUT2D eigenvalue weighted by Gasteiger charge is 2.37. The van der Waals surface area contributed by atoms with Crippen molar-refractivity contribution in [1.82, 2.24) is 9.97 Å². The van der Waals surface area contributed by atoms with Gasteiger partial charge in [-0.3, -0.25) is 0 Å². The molecule has 1 aromatic heterocycles. The smallest absolute Gasteiger partial charge is 0.224 e. The molecule has 1 aliphatic carbocycles. The van der Waals surface area contributed by atoms with Crippen molar-refractivity contribution < 1.29 is 0 Å². The van der Waals surface area contributed by atoms with Crippen molar-refractivity contribution in [2.24, 2.45) is 11.8 Å². The lowest BCUT2D eigenvalue weighted by molar-refractivity contribution is 0.494. The molecular weight excluding hydrogens is 236 g/mol. The van der Waals surface area contributed by atoms with Crippen LogP contribution in [0.25, 0.3) is 0 Å². The molecule has 1 aromatic rings. The Labute approximate surface area is 115 Å². The van der Waals surface area contributed by atoms with Gasteiger partial charge in [0.2, 0.25) is 5.95 Å². The van der Waals surface area contributed by atoms with Crippen LogP contribution in [-0.4, -0.2) is 29.6 Å². The Kier molecular flexibility index (Phi) is 3.58. The normalized spacial score (nSPS) is 25.7. The molecule has 1 aliphatic heterocycles. The predicted molar refractivity (Wildman–Crippen MR) is 78.6 cm³/mol. The Morgan fingerprint density at radius 3 is 2.74 bits per heavy atom. The topological polar surface area (TPSA) is 41.1 Å². The van der Waals surface area contributed by atoms with E-state index in [0.717, 1.165) is 36.6 Å². The molecule has 2 aliphatic rings. The maximum atomic E-state index is 4.72. The van der Waals surface area contributed by atoms with Gasteiger partial charge in [-0.2, -0.15) is 4.98 Å². The van der Waals surface area contributed by atoms with Crippen LogP contribution in [0.1, 0.15) is 38.2 Å². The number of hydrogen-bond donors (Lipinski definition) is 1. The molecule has 0 amide bonds. The summed E-state index contributed by atoms with van der Waals surface area (Å²) in [7, 11) is 0. The van der Waals surface area contributed by atoms with Crippen LogP contribution >= 0.6 is 0 Å². The molecule has 1 N–H and O–H groups in total. The summed E-state index contributed by atoms with van der Waals surface area (Å²) in [4.78, 5) is 11.6. The third-order valence-electron chi connectivity index (χ3n) is 4.50. The van der Waals surface area contributed by atoms with Crippen LogP contribution in [0.3, 0.4) is 0 Å². The average Bonchev–Trinajstić information content (AvgIpc) is 2.98. The molecule has 104 valence electrons. The Hall–Kier alpha value is -1.32. The number of hydrogen-bond acceptors (Lipinski definition) is 4. The van der Waals surface area contributed by atoms with E-state index in [1.807, 2.05) is 6.20 Å². The van der Waals surface area contributed by atoms with E-state index in [1.54, 1.807) is 0 Å². The molecule has 0 spiro atoms. The van der Waals surface area contributed by atoms with E-state index in [-0.39, 0.29) is 0 Å². The zero-order valence-electron chi connectivity index (χ0n) is 12.0. The number of aromatic nitrogens is 2. The second kappa shape index (κ2) is 5.35. The molecule has 4 heteroatoms. The molecule has 19 heavy (non-hydrogen) atoms. The van der Waals surface area contributed by atoms with Gasteiger partial charge in [-0.1, -0.05) is 13.3 Å². The van der Waals surface area contributed by atoms with Crippen molar-refractivity contribution >= 4 is 11.8 Å². The van der Waals surface area contributed by atoms with E-state index >= 15 is 0 Å². The highest BCUT2D eigenvalue weighted by molar-refractivity contribution is 5.50. The van der Waals surface area contributed by atoms with E-state index in [4.69, 9.17) is 4.98 Å². The van der Waals surface area contributed by atoms with Crippen LogP contribution in [0.15, 0.2) is 6.20 Å². The van der Waals surface area contributed by atoms with Crippen LogP contribution < -0.4 is 10.2 Å². The van der Waals surface area contributed by atoms with E-state index < -0.39 is 0 Å². The number of fused-ring (bicyclic) bond motifs is 1. The standard InChI is InChI=1S/C15H24N4/c1-3-7-16-15-17-8-11(2)14(18-15)19-9-12-5-4-6-13(12)10-19/h8,12-13H,3-7,9-10H2,1-2H3,(H,16,17,18). The number of rotatable bonds is 4. The third-order valence-corrected chi connectivity index (χ3v) is 4.50. The quantitative estimate of drug-likeness (QED) is 0.904. The fourth-order valence-electron chi connectivity index (χ4n) is 3.48. The summed E-state index contributed by atoms with van der Waals surface area (Å²) >= 11 is 0. The number of aryl methyl sites for hydroxylation is 1. The van der Waals surface area contributed by atoms with Gasteiger partial charge in [0.15, 0.2) is 0 Å². The second-order valence-electron chi connectivity index (χ2n) is 5.98. The highest BCUT2D eigenvalue weighted by atomic mass is 15.2. The molecule has 0 bridgehead atoms. The highest BCUT2D eigenvalue weighted by Crippen LogP contribution is 2.39. The number of nitrogens with zero attached hydrogens (tertiary/aromatic N) is 3. The maximum absolute atomic E-state index is 4.72. The largest absolute Gasteiger partial charge is 0.356 e. The molecule has 0 radical (unpaired) electrons. The van der Waals surface area contributed by atoms with E-state index in [2.05, 4.69) is 29.0 Å². The summed E-state index contributed by atoms with van der Waals surface area (Å²) in [5.74, 6) is 3.73. The molecule has 2 atom stereocenters. The zero-order chi connectivity index (χ0) is 13.2. The molecule has 0 aromatic carbocycles. The summed E-state index contributed by atoms with van der Waals surface area (Å²) in [5.41, 5.74) is 1.20. The summed E-state index contributed by atoms with van der Waals surface area (Å²) in [6.07, 6.45) is 7.29. The Bertz CT molecular complexity index is 434. The lowest BCUT2D eigenvalue weighted by Gasteiger charge is -2.21. The van der Waals surface area contributed by atoms with Gasteiger partial charge in [-0.15, -0.1) is 0 Å². The van der Waals surface area contributed by atoms with E-state index in [0.29, 0.717) is 0 Å². The van der Waals surface area contributed by atoms with Crippen molar-refractivity contribution in [2.75, 3.05) is 29.9 Å². The van der Waals surface area contributed by atoms with Crippen LogP contribution in [0.4, 0.5) is 11.8 Å². The first-order chi connectivity index (χ1) is 9.28. The van der Waals surface area contributed by atoms with Gasteiger partial charge in [0.1, 0.15) is 5.82 Å². The second-order valence-corrected chi connectivity index (χ2v) is 5.98. The van der Waals surface area contributed by atoms with E-state index in [1.165, 1.54) is 37.9 Å². The lowest BCUT2D eigenvalue weighted by Crippen LogP contribution is -2.23. The van der Waals surface area contributed by atoms with Crippen LogP contribution in [-0.2, 0) is 0 Å². The molecular formula is C15H24N4. The van der Waals surface area contributed by atoms with E-state index in [9.17, 15) is 0 Å². The third kappa shape index (κ3) is 2.53. The van der Waals surface area contributed by atoms with Crippen molar-refractivity contribution in [2.45, 2.75) is 39.5 Å². The Balaban J connectivity index is 1.76. The van der Waals surface area contributed by atoms with Crippen LogP contribution in [0.5, 0.6) is 0 Å². The monoisotopic (exact) mass is 260 g/mol. The molecule has 4 nitrogen and oxygen atoms in total. The van der Waals surface area contributed by atoms with Gasteiger partial charge in [0.25, 0.3) is 0 Å². The number of nitrogens with one attached hydrogen (secondary N) is 1. The molecule has 1 saturated carbocycles. The van der Waals surface area contributed by atoms with Gasteiger partial charge in [-0.05, 0) is 38.0 Å². The van der Waals surface area contributed by atoms with Crippen molar-refractivity contribution in [3.8, 4) is 0 Å². The fourth-order valence-corrected chi connectivity index (χ4v) is 3.48. The zero-order valence-corrected chi connectivity index (χ0v) is 12.0. The predicted octanol–water partition coefficient (Wildman–Crippen LogP) is 2.84. The first-order valence-electron chi connectivity index (χ1n) is 7.60. The van der Waals surface area contributed by atoms with Crippen LogP contribution in [0, 0.1) is 18.8 Å². The van der Waals surface area contributed by atoms with Crippen molar-refractivity contribution in [1.29, 1.82) is 0 Å². The molecule has 2 unspecified atom stereocenters.